The van der Waals surface area contributed by atoms with E-state index in [0.29, 0.717) is 5.88 Å². The molecule has 0 spiro atoms. The summed E-state index contributed by atoms with van der Waals surface area (Å²) in [7, 11) is 1.66. The molecule has 2 aromatic rings. The summed E-state index contributed by atoms with van der Waals surface area (Å²) in [5, 5.41) is 2.92. The van der Waals surface area contributed by atoms with Crippen LogP contribution in [0.5, 0.6) is 5.75 Å². The maximum atomic E-state index is 5.72. The van der Waals surface area contributed by atoms with Gasteiger partial charge in [0, 0.05) is 10.9 Å². The van der Waals surface area contributed by atoms with Crippen molar-refractivity contribution in [2.45, 2.75) is 5.88 Å². The number of rotatable bonds is 3. The van der Waals surface area contributed by atoms with E-state index in [1.54, 1.807) is 18.4 Å². The third kappa shape index (κ3) is 2.13. The Kier molecular flexibility index (Phi) is 3.23. The van der Waals surface area contributed by atoms with E-state index in [-0.39, 0.29) is 0 Å². The molecule has 0 radical (unpaired) electrons. The molecule has 2 nitrogen and oxygen atoms in total. The van der Waals surface area contributed by atoms with Crippen molar-refractivity contribution in [2.24, 2.45) is 0 Å². The van der Waals surface area contributed by atoms with Crippen molar-refractivity contribution in [1.29, 1.82) is 0 Å². The number of benzene rings is 1. The number of aromatic nitrogens is 1. The van der Waals surface area contributed by atoms with Gasteiger partial charge in [0.15, 0.2) is 0 Å². The summed E-state index contributed by atoms with van der Waals surface area (Å²) in [6.07, 6.45) is 0. The van der Waals surface area contributed by atoms with Crippen LogP contribution in [0.2, 0.25) is 0 Å². The minimum Gasteiger partial charge on any atom is -0.496 e. The Morgan fingerprint density at radius 2 is 2.20 bits per heavy atom. The Morgan fingerprint density at radius 1 is 1.40 bits per heavy atom. The van der Waals surface area contributed by atoms with Crippen molar-refractivity contribution in [2.75, 3.05) is 7.11 Å². The van der Waals surface area contributed by atoms with Gasteiger partial charge in [-0.2, -0.15) is 0 Å². The van der Waals surface area contributed by atoms with Crippen molar-refractivity contribution in [3.05, 3.63) is 34.7 Å². The minimum absolute atomic E-state index is 0.458. The molecule has 0 amide bonds. The predicted octanol–water partition coefficient (Wildman–Crippen LogP) is 3.56. The number of thiazole rings is 1. The molecule has 78 valence electrons. The molecular formula is C11H10ClNOS. The standard InChI is InChI=1S/C11H10ClNOS/c1-14-10-5-3-2-4-8(10)9-7-15-11(6-12)13-9/h2-5,7H,6H2,1H3. The third-order valence-electron chi connectivity index (χ3n) is 2.05. The number of alkyl halides is 1. The quantitative estimate of drug-likeness (QED) is 0.765. The lowest BCUT2D eigenvalue weighted by Gasteiger charge is -2.04. The minimum atomic E-state index is 0.458. The average Bonchev–Trinajstić information content (AvgIpc) is 2.77. The van der Waals surface area contributed by atoms with E-state index < -0.39 is 0 Å². The lowest BCUT2D eigenvalue weighted by atomic mass is 10.1. The molecule has 0 unspecified atom stereocenters. The molecule has 1 aromatic heterocycles. The van der Waals surface area contributed by atoms with E-state index in [4.69, 9.17) is 16.3 Å². The molecule has 0 bridgehead atoms. The molecular weight excluding hydrogens is 230 g/mol. The second kappa shape index (κ2) is 4.64. The van der Waals surface area contributed by atoms with Gasteiger partial charge >= 0.3 is 0 Å². The van der Waals surface area contributed by atoms with Crippen molar-refractivity contribution < 1.29 is 4.74 Å². The van der Waals surface area contributed by atoms with Gasteiger partial charge in [-0.15, -0.1) is 22.9 Å². The first-order valence-electron chi connectivity index (χ1n) is 4.49. The van der Waals surface area contributed by atoms with Gasteiger partial charge in [0.25, 0.3) is 0 Å². The van der Waals surface area contributed by atoms with Crippen molar-refractivity contribution in [1.82, 2.24) is 4.98 Å². The highest BCUT2D eigenvalue weighted by molar-refractivity contribution is 7.10. The van der Waals surface area contributed by atoms with Gasteiger partial charge in [-0.3, -0.25) is 0 Å². The molecule has 1 heterocycles. The summed E-state index contributed by atoms with van der Waals surface area (Å²) < 4.78 is 5.27. The molecule has 0 aliphatic heterocycles. The van der Waals surface area contributed by atoms with Crippen LogP contribution >= 0.6 is 22.9 Å². The Hall–Kier alpha value is -1.06. The fourth-order valence-corrected chi connectivity index (χ4v) is 2.24. The zero-order valence-corrected chi connectivity index (χ0v) is 9.81. The molecule has 0 fully saturated rings. The molecule has 1 aromatic carbocycles. The molecule has 0 aliphatic carbocycles. The van der Waals surface area contributed by atoms with Gasteiger partial charge in [-0.1, -0.05) is 12.1 Å². The molecule has 2 rings (SSSR count). The lowest BCUT2D eigenvalue weighted by Crippen LogP contribution is -1.87. The van der Waals surface area contributed by atoms with E-state index in [2.05, 4.69) is 4.98 Å². The smallest absolute Gasteiger partial charge is 0.128 e. The average molecular weight is 240 g/mol. The fourth-order valence-electron chi connectivity index (χ4n) is 1.35. The third-order valence-corrected chi connectivity index (χ3v) is 3.31. The van der Waals surface area contributed by atoms with Crippen LogP contribution in [-0.4, -0.2) is 12.1 Å². The van der Waals surface area contributed by atoms with Crippen molar-refractivity contribution in [3.63, 3.8) is 0 Å². The normalized spacial score (nSPS) is 10.3. The SMILES string of the molecule is COc1ccccc1-c1csc(CCl)n1. The number of halogens is 1. The van der Waals surface area contributed by atoms with Crippen LogP contribution in [0, 0.1) is 0 Å². The number of para-hydroxylation sites is 1. The molecule has 0 atom stereocenters. The summed E-state index contributed by atoms with van der Waals surface area (Å²) in [5.41, 5.74) is 1.93. The highest BCUT2D eigenvalue weighted by Gasteiger charge is 2.08. The van der Waals surface area contributed by atoms with Crippen LogP contribution in [-0.2, 0) is 5.88 Å². The van der Waals surface area contributed by atoms with Gasteiger partial charge in [-0.25, -0.2) is 4.98 Å². The first-order valence-corrected chi connectivity index (χ1v) is 5.90. The van der Waals surface area contributed by atoms with Gasteiger partial charge < -0.3 is 4.74 Å². The van der Waals surface area contributed by atoms with Crippen molar-refractivity contribution in [3.8, 4) is 17.0 Å². The maximum Gasteiger partial charge on any atom is 0.128 e. The van der Waals surface area contributed by atoms with Gasteiger partial charge in [0.1, 0.15) is 10.8 Å². The van der Waals surface area contributed by atoms with E-state index in [1.165, 1.54) is 0 Å². The summed E-state index contributed by atoms with van der Waals surface area (Å²) >= 11 is 7.28. The summed E-state index contributed by atoms with van der Waals surface area (Å²) in [6, 6.07) is 7.83. The van der Waals surface area contributed by atoms with Crippen molar-refractivity contribution >= 4 is 22.9 Å². The number of nitrogens with zero attached hydrogens (tertiary/aromatic N) is 1. The number of ether oxygens (including phenoxy) is 1. The Balaban J connectivity index is 2.44. The molecule has 0 saturated carbocycles. The molecule has 0 aliphatic rings. The monoisotopic (exact) mass is 239 g/mol. The Bertz CT molecular complexity index is 455. The Labute approximate surface area is 97.5 Å². The fraction of sp³-hybridized carbons (Fsp3) is 0.182. The van der Waals surface area contributed by atoms with Crippen LogP contribution in [0.15, 0.2) is 29.6 Å². The molecule has 4 heteroatoms. The molecule has 0 saturated heterocycles. The van der Waals surface area contributed by atoms with Gasteiger partial charge in [0.2, 0.25) is 0 Å². The van der Waals surface area contributed by atoms with Gasteiger partial charge in [-0.05, 0) is 12.1 Å². The van der Waals surface area contributed by atoms with Crippen LogP contribution < -0.4 is 4.74 Å². The number of hydrogen-bond donors (Lipinski definition) is 0. The first-order chi connectivity index (χ1) is 7.35. The maximum absolute atomic E-state index is 5.72. The van der Waals surface area contributed by atoms with E-state index in [1.807, 2.05) is 29.6 Å². The highest BCUT2D eigenvalue weighted by Crippen LogP contribution is 2.30. The summed E-state index contributed by atoms with van der Waals surface area (Å²) in [4.78, 5) is 4.41. The second-order valence-corrected chi connectivity index (χ2v) is 4.17. The largest absolute Gasteiger partial charge is 0.496 e. The van der Waals surface area contributed by atoms with Crippen LogP contribution in [0.4, 0.5) is 0 Å². The zero-order chi connectivity index (χ0) is 10.7. The molecule has 15 heavy (non-hydrogen) atoms. The second-order valence-electron chi connectivity index (χ2n) is 2.96. The highest BCUT2D eigenvalue weighted by atomic mass is 35.5. The lowest BCUT2D eigenvalue weighted by molar-refractivity contribution is 0.416. The van der Waals surface area contributed by atoms with E-state index >= 15 is 0 Å². The van der Waals surface area contributed by atoms with Crippen LogP contribution in [0.1, 0.15) is 5.01 Å². The topological polar surface area (TPSA) is 22.1 Å². The Morgan fingerprint density at radius 3 is 2.87 bits per heavy atom. The van der Waals surface area contributed by atoms with E-state index in [0.717, 1.165) is 22.0 Å². The van der Waals surface area contributed by atoms with Crippen LogP contribution in [0.3, 0.4) is 0 Å². The van der Waals surface area contributed by atoms with Crippen LogP contribution in [0.25, 0.3) is 11.3 Å². The van der Waals surface area contributed by atoms with E-state index in [9.17, 15) is 0 Å². The van der Waals surface area contributed by atoms with Gasteiger partial charge in [0.05, 0.1) is 18.7 Å². The first kappa shape index (κ1) is 10.5. The summed E-state index contributed by atoms with van der Waals surface area (Å²) in [5.74, 6) is 1.30. The number of methoxy groups -OCH3 is 1. The summed E-state index contributed by atoms with van der Waals surface area (Å²) in [6.45, 7) is 0. The molecule has 0 N–H and O–H groups in total. The zero-order valence-electron chi connectivity index (χ0n) is 8.24. The number of hydrogen-bond acceptors (Lipinski definition) is 3. The predicted molar refractivity (Wildman–Crippen MR) is 63.7 cm³/mol.